The SMILES string of the molecule is CCCCCC[C@H](Oc1ccc(NC(=O)Cn2c(CC)nc(-c3ccccc3)cc2=O)cc1)C(=O)OCC. The summed E-state index contributed by atoms with van der Waals surface area (Å²) in [6.45, 7) is 5.96. The van der Waals surface area contributed by atoms with Gasteiger partial charge in [0, 0.05) is 23.7 Å². The van der Waals surface area contributed by atoms with Gasteiger partial charge in [-0.3, -0.25) is 14.2 Å². The highest BCUT2D eigenvalue weighted by Gasteiger charge is 2.21. The van der Waals surface area contributed by atoms with Crippen LogP contribution in [0, 0.1) is 0 Å². The van der Waals surface area contributed by atoms with Gasteiger partial charge in [0.2, 0.25) is 5.91 Å². The van der Waals surface area contributed by atoms with Crippen LogP contribution in [-0.4, -0.2) is 34.1 Å². The number of amides is 1. The molecule has 8 nitrogen and oxygen atoms in total. The molecule has 0 aliphatic carbocycles. The Kier molecular flexibility index (Phi) is 11.1. The zero-order valence-electron chi connectivity index (χ0n) is 22.4. The lowest BCUT2D eigenvalue weighted by molar-refractivity contribution is -0.151. The van der Waals surface area contributed by atoms with Crippen LogP contribution in [0.5, 0.6) is 5.75 Å². The van der Waals surface area contributed by atoms with E-state index < -0.39 is 6.10 Å². The predicted molar refractivity (Wildman–Crippen MR) is 148 cm³/mol. The van der Waals surface area contributed by atoms with Crippen molar-refractivity contribution in [3.63, 3.8) is 0 Å². The van der Waals surface area contributed by atoms with Gasteiger partial charge < -0.3 is 14.8 Å². The number of nitrogens with zero attached hydrogens (tertiary/aromatic N) is 2. The van der Waals surface area contributed by atoms with Crippen molar-refractivity contribution in [2.45, 2.75) is 71.9 Å². The Balaban J connectivity index is 1.64. The number of rotatable bonds is 14. The number of ether oxygens (including phenoxy) is 2. The number of carbonyl (C=O) groups is 2. The molecule has 0 aliphatic rings. The molecular formula is C30H37N3O5. The van der Waals surface area contributed by atoms with Gasteiger partial charge in [0.05, 0.1) is 12.3 Å². The predicted octanol–water partition coefficient (Wildman–Crippen LogP) is 5.39. The summed E-state index contributed by atoms with van der Waals surface area (Å²) in [5.41, 5.74) is 1.71. The van der Waals surface area contributed by atoms with E-state index in [4.69, 9.17) is 9.47 Å². The minimum atomic E-state index is -0.669. The number of carbonyl (C=O) groups excluding carboxylic acids is 2. The van der Waals surface area contributed by atoms with Crippen LogP contribution >= 0.6 is 0 Å². The van der Waals surface area contributed by atoms with Crippen LogP contribution in [0.25, 0.3) is 11.3 Å². The average Bonchev–Trinajstić information content (AvgIpc) is 2.93. The van der Waals surface area contributed by atoms with Gasteiger partial charge in [-0.25, -0.2) is 9.78 Å². The number of hydrogen-bond donors (Lipinski definition) is 1. The fourth-order valence-corrected chi connectivity index (χ4v) is 4.09. The van der Waals surface area contributed by atoms with Crippen LogP contribution in [0.15, 0.2) is 65.5 Å². The quantitative estimate of drug-likeness (QED) is 0.226. The maximum absolute atomic E-state index is 12.8. The van der Waals surface area contributed by atoms with Crippen molar-refractivity contribution in [1.29, 1.82) is 0 Å². The molecule has 3 aromatic rings. The molecule has 38 heavy (non-hydrogen) atoms. The molecule has 0 unspecified atom stereocenters. The summed E-state index contributed by atoms with van der Waals surface area (Å²) in [5.74, 6) is 0.344. The lowest BCUT2D eigenvalue weighted by Crippen LogP contribution is -2.30. The van der Waals surface area contributed by atoms with Crippen LogP contribution in [0.2, 0.25) is 0 Å². The number of hydrogen-bond acceptors (Lipinski definition) is 6. The van der Waals surface area contributed by atoms with Gasteiger partial charge in [0.1, 0.15) is 18.1 Å². The molecule has 202 valence electrons. The molecule has 0 fully saturated rings. The van der Waals surface area contributed by atoms with E-state index in [-0.39, 0.29) is 24.0 Å². The van der Waals surface area contributed by atoms with Crippen LogP contribution < -0.4 is 15.6 Å². The summed E-state index contributed by atoms with van der Waals surface area (Å²) in [6.07, 6.45) is 4.57. The maximum atomic E-state index is 12.8. The molecule has 0 radical (unpaired) electrons. The first-order valence-corrected chi connectivity index (χ1v) is 13.3. The van der Waals surface area contributed by atoms with Crippen molar-refractivity contribution < 1.29 is 19.1 Å². The van der Waals surface area contributed by atoms with E-state index in [9.17, 15) is 14.4 Å². The van der Waals surface area contributed by atoms with Crippen LogP contribution in [-0.2, 0) is 27.3 Å². The molecular weight excluding hydrogens is 482 g/mol. The van der Waals surface area contributed by atoms with Crippen molar-refractivity contribution in [2.75, 3.05) is 11.9 Å². The largest absolute Gasteiger partial charge is 0.479 e. The highest BCUT2D eigenvalue weighted by Crippen LogP contribution is 2.20. The summed E-state index contributed by atoms with van der Waals surface area (Å²) >= 11 is 0. The van der Waals surface area contributed by atoms with Crippen molar-refractivity contribution in [3.8, 4) is 17.0 Å². The Morgan fingerprint density at radius 1 is 0.974 bits per heavy atom. The first-order chi connectivity index (χ1) is 18.4. The number of aryl methyl sites for hydroxylation is 1. The summed E-state index contributed by atoms with van der Waals surface area (Å²) in [6, 6.07) is 17.7. The third kappa shape index (κ3) is 8.30. The highest BCUT2D eigenvalue weighted by molar-refractivity contribution is 5.90. The first-order valence-electron chi connectivity index (χ1n) is 13.3. The number of aromatic nitrogens is 2. The fourth-order valence-electron chi connectivity index (χ4n) is 4.09. The molecule has 1 atom stereocenters. The van der Waals surface area contributed by atoms with Gasteiger partial charge in [-0.2, -0.15) is 0 Å². The maximum Gasteiger partial charge on any atom is 0.347 e. The van der Waals surface area contributed by atoms with Crippen LogP contribution in [0.1, 0.15) is 58.7 Å². The van der Waals surface area contributed by atoms with Crippen molar-refractivity contribution in [3.05, 3.63) is 76.8 Å². The van der Waals surface area contributed by atoms with E-state index in [1.807, 2.05) is 37.3 Å². The fraction of sp³-hybridized carbons (Fsp3) is 0.400. The van der Waals surface area contributed by atoms with Gasteiger partial charge in [-0.15, -0.1) is 0 Å². The molecule has 0 bridgehead atoms. The molecule has 1 aromatic heterocycles. The Bertz CT molecular complexity index is 1240. The van der Waals surface area contributed by atoms with Gasteiger partial charge in [0.25, 0.3) is 5.56 Å². The standard InChI is InChI=1S/C30H37N3O5/c1-4-7-8-12-15-26(30(36)37-6-3)38-24-18-16-23(17-19-24)31-28(34)21-33-27(5-2)32-25(20-29(33)35)22-13-10-9-11-14-22/h9-11,13-14,16-20,26H,4-8,12,15,21H2,1-3H3,(H,31,34)/t26-/m0/s1. The van der Waals surface area contributed by atoms with Gasteiger partial charge in [0.15, 0.2) is 6.10 Å². The molecule has 1 N–H and O–H groups in total. The summed E-state index contributed by atoms with van der Waals surface area (Å²) in [4.78, 5) is 42.5. The van der Waals surface area contributed by atoms with E-state index in [1.54, 1.807) is 31.2 Å². The molecule has 1 heterocycles. The van der Waals surface area contributed by atoms with Gasteiger partial charge in [-0.05, 0) is 44.0 Å². The Hall–Kier alpha value is -3.94. The minimum absolute atomic E-state index is 0.148. The lowest BCUT2D eigenvalue weighted by atomic mass is 10.1. The molecule has 0 spiro atoms. The molecule has 3 rings (SSSR count). The number of esters is 1. The van der Waals surface area contributed by atoms with Gasteiger partial charge >= 0.3 is 5.97 Å². The second kappa shape index (κ2) is 14.7. The number of anilines is 1. The van der Waals surface area contributed by atoms with Crippen molar-refractivity contribution >= 4 is 17.6 Å². The van der Waals surface area contributed by atoms with Crippen LogP contribution in [0.4, 0.5) is 5.69 Å². The smallest absolute Gasteiger partial charge is 0.347 e. The molecule has 1 amide bonds. The molecule has 0 saturated carbocycles. The van der Waals surface area contributed by atoms with E-state index in [1.165, 1.54) is 10.6 Å². The number of unbranched alkanes of at least 4 members (excludes halogenated alkanes) is 3. The van der Waals surface area contributed by atoms with Gasteiger partial charge in [-0.1, -0.05) is 63.4 Å². The number of nitrogens with one attached hydrogen (secondary N) is 1. The minimum Gasteiger partial charge on any atom is -0.479 e. The molecule has 0 aliphatic heterocycles. The van der Waals surface area contributed by atoms with Crippen molar-refractivity contribution in [2.24, 2.45) is 0 Å². The number of benzene rings is 2. The Morgan fingerprint density at radius 2 is 1.71 bits per heavy atom. The molecule has 0 saturated heterocycles. The normalized spacial score (nSPS) is 11.6. The van der Waals surface area contributed by atoms with E-state index >= 15 is 0 Å². The van der Waals surface area contributed by atoms with E-state index in [0.29, 0.717) is 42.4 Å². The Morgan fingerprint density at radius 3 is 2.37 bits per heavy atom. The molecule has 8 heteroatoms. The average molecular weight is 520 g/mol. The lowest BCUT2D eigenvalue weighted by Gasteiger charge is -2.18. The summed E-state index contributed by atoms with van der Waals surface area (Å²) in [7, 11) is 0. The Labute approximate surface area is 224 Å². The third-order valence-corrected chi connectivity index (χ3v) is 6.06. The monoisotopic (exact) mass is 519 g/mol. The van der Waals surface area contributed by atoms with E-state index in [0.717, 1.165) is 31.2 Å². The van der Waals surface area contributed by atoms with Crippen LogP contribution in [0.3, 0.4) is 0 Å². The van der Waals surface area contributed by atoms with Crippen molar-refractivity contribution in [1.82, 2.24) is 9.55 Å². The second-order valence-electron chi connectivity index (χ2n) is 8.98. The highest BCUT2D eigenvalue weighted by atomic mass is 16.6. The zero-order chi connectivity index (χ0) is 27.3. The molecule has 2 aromatic carbocycles. The topological polar surface area (TPSA) is 99.5 Å². The van der Waals surface area contributed by atoms with E-state index in [2.05, 4.69) is 17.2 Å². The summed E-state index contributed by atoms with van der Waals surface area (Å²) in [5, 5.41) is 2.81. The summed E-state index contributed by atoms with van der Waals surface area (Å²) < 4.78 is 12.5. The third-order valence-electron chi connectivity index (χ3n) is 6.06. The second-order valence-corrected chi connectivity index (χ2v) is 8.98. The zero-order valence-corrected chi connectivity index (χ0v) is 22.4. The first kappa shape index (κ1) is 28.6.